The van der Waals surface area contributed by atoms with Crippen molar-refractivity contribution < 1.29 is 4.79 Å². The van der Waals surface area contributed by atoms with Crippen LogP contribution < -0.4 is 5.32 Å². The summed E-state index contributed by atoms with van der Waals surface area (Å²) in [6, 6.07) is 7.99. The number of anilines is 1. The molecule has 3 heteroatoms. The first kappa shape index (κ1) is 13.6. The molecule has 0 radical (unpaired) electrons. The number of rotatable bonds is 3. The maximum absolute atomic E-state index is 12.3. The van der Waals surface area contributed by atoms with Gasteiger partial charge in [-0.3, -0.25) is 4.79 Å². The first-order valence-corrected chi connectivity index (χ1v) is 7.55. The minimum absolute atomic E-state index is 0.181. The van der Waals surface area contributed by atoms with Gasteiger partial charge in [0, 0.05) is 16.4 Å². The van der Waals surface area contributed by atoms with E-state index in [9.17, 15) is 4.79 Å². The number of amides is 1. The normalized spacial score (nSPS) is 24.8. The minimum atomic E-state index is 0.181. The Morgan fingerprint density at radius 1 is 1.39 bits per heavy atom. The molecule has 1 aromatic rings. The molecule has 1 aliphatic rings. The number of carbonyl (C=O) groups is 1. The molecular weight excluding hydrogens is 290 g/mol. The molecule has 0 aliphatic heterocycles. The zero-order valence-corrected chi connectivity index (χ0v) is 12.5. The zero-order chi connectivity index (χ0) is 13.1. The SMILES string of the molecule is CC(Br)c1ccccc1NC(=O)C1CCCC1C. The summed E-state index contributed by atoms with van der Waals surface area (Å²) in [6.07, 6.45) is 3.38. The van der Waals surface area contributed by atoms with Crippen LogP contribution in [0.5, 0.6) is 0 Å². The van der Waals surface area contributed by atoms with Crippen molar-refractivity contribution in [3.63, 3.8) is 0 Å². The van der Waals surface area contributed by atoms with Gasteiger partial charge in [-0.2, -0.15) is 0 Å². The second-order valence-electron chi connectivity index (χ2n) is 5.21. The standard InChI is InChI=1S/C15H20BrNO/c1-10-6-5-8-12(10)15(18)17-14-9-4-3-7-13(14)11(2)16/h3-4,7,9-12H,5-6,8H2,1-2H3,(H,17,18). The molecule has 1 amide bonds. The molecular formula is C15H20BrNO. The Morgan fingerprint density at radius 2 is 2.11 bits per heavy atom. The highest BCUT2D eigenvalue weighted by atomic mass is 79.9. The van der Waals surface area contributed by atoms with Crippen molar-refractivity contribution >= 4 is 27.5 Å². The van der Waals surface area contributed by atoms with Gasteiger partial charge in [0.05, 0.1) is 0 Å². The third kappa shape index (κ3) is 2.94. The molecule has 0 saturated heterocycles. The number of carbonyl (C=O) groups excluding carboxylic acids is 1. The van der Waals surface area contributed by atoms with E-state index in [2.05, 4.69) is 35.1 Å². The van der Waals surface area contributed by atoms with E-state index in [-0.39, 0.29) is 16.7 Å². The molecule has 0 aromatic heterocycles. The van der Waals surface area contributed by atoms with Gasteiger partial charge in [-0.1, -0.05) is 47.5 Å². The summed E-state index contributed by atoms with van der Waals surface area (Å²) < 4.78 is 0. The molecule has 0 heterocycles. The van der Waals surface area contributed by atoms with E-state index >= 15 is 0 Å². The van der Waals surface area contributed by atoms with E-state index in [1.807, 2.05) is 24.3 Å². The molecule has 18 heavy (non-hydrogen) atoms. The van der Waals surface area contributed by atoms with Gasteiger partial charge in [-0.15, -0.1) is 0 Å². The summed E-state index contributed by atoms with van der Waals surface area (Å²) in [7, 11) is 0. The van der Waals surface area contributed by atoms with Crippen LogP contribution in [-0.2, 0) is 4.79 Å². The summed E-state index contributed by atoms with van der Waals surface area (Å²) in [6.45, 7) is 4.25. The van der Waals surface area contributed by atoms with Gasteiger partial charge in [0.1, 0.15) is 0 Å². The smallest absolute Gasteiger partial charge is 0.227 e. The molecule has 0 bridgehead atoms. The zero-order valence-electron chi connectivity index (χ0n) is 10.9. The van der Waals surface area contributed by atoms with E-state index in [0.29, 0.717) is 5.92 Å². The number of nitrogens with one attached hydrogen (secondary N) is 1. The van der Waals surface area contributed by atoms with Gasteiger partial charge in [0.25, 0.3) is 0 Å². The van der Waals surface area contributed by atoms with Gasteiger partial charge in [-0.05, 0) is 37.3 Å². The van der Waals surface area contributed by atoms with Crippen LogP contribution in [0.2, 0.25) is 0 Å². The molecule has 0 spiro atoms. The molecule has 1 N–H and O–H groups in total. The molecule has 98 valence electrons. The molecule has 3 atom stereocenters. The first-order valence-electron chi connectivity index (χ1n) is 6.63. The Balaban J connectivity index is 2.11. The second kappa shape index (κ2) is 5.87. The molecule has 1 saturated carbocycles. The van der Waals surface area contributed by atoms with Crippen molar-refractivity contribution in [2.45, 2.75) is 37.9 Å². The van der Waals surface area contributed by atoms with Gasteiger partial charge in [0.15, 0.2) is 0 Å². The maximum Gasteiger partial charge on any atom is 0.227 e. The average molecular weight is 310 g/mol. The first-order chi connectivity index (χ1) is 8.59. The largest absolute Gasteiger partial charge is 0.326 e. The number of benzene rings is 1. The number of hydrogen-bond acceptors (Lipinski definition) is 1. The average Bonchev–Trinajstić information content (AvgIpc) is 2.76. The summed E-state index contributed by atoms with van der Waals surface area (Å²) in [4.78, 5) is 12.5. The quantitative estimate of drug-likeness (QED) is 0.817. The van der Waals surface area contributed by atoms with Crippen LogP contribution >= 0.6 is 15.9 Å². The van der Waals surface area contributed by atoms with Crippen molar-refractivity contribution in [2.24, 2.45) is 11.8 Å². The Bertz CT molecular complexity index is 430. The molecule has 2 nitrogen and oxygen atoms in total. The van der Waals surface area contributed by atoms with E-state index in [1.165, 1.54) is 12.8 Å². The Morgan fingerprint density at radius 3 is 2.72 bits per heavy atom. The highest BCUT2D eigenvalue weighted by Crippen LogP contribution is 2.33. The predicted octanol–water partition coefficient (Wildman–Crippen LogP) is 4.52. The topological polar surface area (TPSA) is 29.1 Å². The second-order valence-corrected chi connectivity index (χ2v) is 6.58. The van der Waals surface area contributed by atoms with E-state index in [0.717, 1.165) is 17.7 Å². The van der Waals surface area contributed by atoms with E-state index in [4.69, 9.17) is 0 Å². The molecule has 3 unspecified atom stereocenters. The molecule has 1 aliphatic carbocycles. The third-order valence-corrected chi connectivity index (χ3v) is 4.34. The molecule has 1 aromatic carbocycles. The number of halogens is 1. The van der Waals surface area contributed by atoms with E-state index < -0.39 is 0 Å². The number of alkyl halides is 1. The number of hydrogen-bond donors (Lipinski definition) is 1. The highest BCUT2D eigenvalue weighted by Gasteiger charge is 2.29. The van der Waals surface area contributed by atoms with Gasteiger partial charge in [0.2, 0.25) is 5.91 Å². The van der Waals surface area contributed by atoms with Crippen molar-refractivity contribution in [3.8, 4) is 0 Å². The Hall–Kier alpha value is -0.830. The summed E-state index contributed by atoms with van der Waals surface area (Å²) in [5.74, 6) is 0.878. The van der Waals surface area contributed by atoms with Gasteiger partial charge >= 0.3 is 0 Å². The lowest BCUT2D eigenvalue weighted by Gasteiger charge is -2.18. The van der Waals surface area contributed by atoms with Crippen molar-refractivity contribution in [1.29, 1.82) is 0 Å². The summed E-state index contributed by atoms with van der Waals surface area (Å²) in [5, 5.41) is 3.10. The van der Waals surface area contributed by atoms with Crippen LogP contribution in [0.25, 0.3) is 0 Å². The van der Waals surface area contributed by atoms with Crippen LogP contribution in [0, 0.1) is 11.8 Å². The lowest BCUT2D eigenvalue weighted by atomic mass is 9.97. The van der Waals surface area contributed by atoms with Crippen LogP contribution in [0.15, 0.2) is 24.3 Å². The number of para-hydroxylation sites is 1. The fraction of sp³-hybridized carbons (Fsp3) is 0.533. The molecule has 2 rings (SSSR count). The fourth-order valence-electron chi connectivity index (χ4n) is 2.72. The van der Waals surface area contributed by atoms with E-state index in [1.54, 1.807) is 0 Å². The van der Waals surface area contributed by atoms with Crippen molar-refractivity contribution in [3.05, 3.63) is 29.8 Å². The van der Waals surface area contributed by atoms with Crippen LogP contribution in [0.1, 0.15) is 43.5 Å². The van der Waals surface area contributed by atoms with Crippen LogP contribution in [0.3, 0.4) is 0 Å². The lowest BCUT2D eigenvalue weighted by Crippen LogP contribution is -2.25. The fourth-order valence-corrected chi connectivity index (χ4v) is 3.12. The van der Waals surface area contributed by atoms with Gasteiger partial charge < -0.3 is 5.32 Å². The van der Waals surface area contributed by atoms with Crippen molar-refractivity contribution in [1.82, 2.24) is 0 Å². The summed E-state index contributed by atoms with van der Waals surface area (Å²) >= 11 is 3.57. The van der Waals surface area contributed by atoms with Crippen LogP contribution in [0.4, 0.5) is 5.69 Å². The Labute approximate surface area is 117 Å². The summed E-state index contributed by atoms with van der Waals surface area (Å²) in [5.41, 5.74) is 2.07. The highest BCUT2D eigenvalue weighted by molar-refractivity contribution is 9.09. The molecule has 1 fully saturated rings. The maximum atomic E-state index is 12.3. The monoisotopic (exact) mass is 309 g/mol. The van der Waals surface area contributed by atoms with Crippen LogP contribution in [-0.4, -0.2) is 5.91 Å². The Kier molecular flexibility index (Phi) is 4.44. The third-order valence-electron chi connectivity index (χ3n) is 3.85. The minimum Gasteiger partial charge on any atom is -0.326 e. The lowest BCUT2D eigenvalue weighted by molar-refractivity contribution is -0.120. The van der Waals surface area contributed by atoms with Crippen molar-refractivity contribution in [2.75, 3.05) is 5.32 Å². The van der Waals surface area contributed by atoms with Gasteiger partial charge in [-0.25, -0.2) is 0 Å². The predicted molar refractivity (Wildman–Crippen MR) is 78.9 cm³/mol.